The number of oxime groups is 1. The molecule has 0 radical (unpaired) electrons. The van der Waals surface area contributed by atoms with Gasteiger partial charge >= 0.3 is 0 Å². The van der Waals surface area contributed by atoms with Crippen molar-refractivity contribution in [2.24, 2.45) is 10.9 Å². The SMILES string of the molecule is CCc1ccccc1Oc1ccc(/C(N)=N/O)c(C)c1. The Labute approximate surface area is 118 Å². The maximum atomic E-state index is 8.72. The third kappa shape index (κ3) is 2.91. The van der Waals surface area contributed by atoms with E-state index in [0.717, 1.165) is 29.0 Å². The van der Waals surface area contributed by atoms with E-state index in [1.807, 2.05) is 43.3 Å². The molecule has 0 aliphatic rings. The predicted octanol–water partition coefficient (Wildman–Crippen LogP) is 3.44. The Morgan fingerprint density at radius 3 is 2.65 bits per heavy atom. The molecule has 0 heterocycles. The van der Waals surface area contributed by atoms with Crippen LogP contribution in [0.3, 0.4) is 0 Å². The number of hydrogen-bond donors (Lipinski definition) is 2. The summed E-state index contributed by atoms with van der Waals surface area (Å²) in [5, 5.41) is 11.7. The minimum absolute atomic E-state index is 0.100. The lowest BCUT2D eigenvalue weighted by molar-refractivity contribution is 0.318. The lowest BCUT2D eigenvalue weighted by Crippen LogP contribution is -2.14. The highest BCUT2D eigenvalue weighted by Crippen LogP contribution is 2.27. The first-order chi connectivity index (χ1) is 9.65. The fraction of sp³-hybridized carbons (Fsp3) is 0.188. The van der Waals surface area contributed by atoms with Crippen LogP contribution in [0, 0.1) is 6.92 Å². The zero-order valence-electron chi connectivity index (χ0n) is 11.6. The number of amidine groups is 1. The Bertz CT molecular complexity index is 636. The average molecular weight is 270 g/mol. The molecule has 0 spiro atoms. The zero-order valence-corrected chi connectivity index (χ0v) is 11.6. The van der Waals surface area contributed by atoms with Crippen molar-refractivity contribution in [1.29, 1.82) is 0 Å². The van der Waals surface area contributed by atoms with Crippen LogP contribution in [0.15, 0.2) is 47.6 Å². The van der Waals surface area contributed by atoms with E-state index < -0.39 is 0 Å². The van der Waals surface area contributed by atoms with Crippen LogP contribution in [0.1, 0.15) is 23.6 Å². The second-order valence-corrected chi connectivity index (χ2v) is 4.53. The van der Waals surface area contributed by atoms with Gasteiger partial charge in [0.1, 0.15) is 11.5 Å². The molecule has 0 saturated carbocycles. The fourth-order valence-electron chi connectivity index (χ4n) is 2.06. The summed E-state index contributed by atoms with van der Waals surface area (Å²) in [4.78, 5) is 0. The van der Waals surface area contributed by atoms with Crippen molar-refractivity contribution < 1.29 is 9.94 Å². The molecular weight excluding hydrogens is 252 g/mol. The van der Waals surface area contributed by atoms with Crippen molar-refractivity contribution in [2.45, 2.75) is 20.3 Å². The summed E-state index contributed by atoms with van der Waals surface area (Å²) in [7, 11) is 0. The summed E-state index contributed by atoms with van der Waals surface area (Å²) < 4.78 is 5.91. The van der Waals surface area contributed by atoms with Crippen LogP contribution in [0.4, 0.5) is 0 Å². The smallest absolute Gasteiger partial charge is 0.170 e. The summed E-state index contributed by atoms with van der Waals surface area (Å²) in [6, 6.07) is 13.4. The molecule has 2 aromatic rings. The highest BCUT2D eigenvalue weighted by molar-refractivity contribution is 5.98. The van der Waals surface area contributed by atoms with E-state index in [4.69, 9.17) is 15.7 Å². The normalized spacial score (nSPS) is 11.4. The van der Waals surface area contributed by atoms with Gasteiger partial charge in [0.05, 0.1) is 0 Å². The number of rotatable bonds is 4. The molecule has 0 aliphatic heterocycles. The second-order valence-electron chi connectivity index (χ2n) is 4.53. The largest absolute Gasteiger partial charge is 0.457 e. The van der Waals surface area contributed by atoms with Gasteiger partial charge in [-0.25, -0.2) is 0 Å². The molecule has 4 nitrogen and oxygen atoms in total. The van der Waals surface area contributed by atoms with Gasteiger partial charge < -0.3 is 15.7 Å². The molecule has 0 bridgehead atoms. The first-order valence-corrected chi connectivity index (χ1v) is 6.50. The Hall–Kier alpha value is -2.49. The Balaban J connectivity index is 2.29. The number of para-hydroxylation sites is 1. The monoisotopic (exact) mass is 270 g/mol. The minimum atomic E-state index is 0.100. The highest BCUT2D eigenvalue weighted by atomic mass is 16.5. The van der Waals surface area contributed by atoms with E-state index >= 15 is 0 Å². The minimum Gasteiger partial charge on any atom is -0.457 e. The van der Waals surface area contributed by atoms with Gasteiger partial charge in [0, 0.05) is 5.56 Å². The fourth-order valence-corrected chi connectivity index (χ4v) is 2.06. The van der Waals surface area contributed by atoms with Crippen molar-refractivity contribution in [2.75, 3.05) is 0 Å². The quantitative estimate of drug-likeness (QED) is 0.387. The second kappa shape index (κ2) is 6.10. The van der Waals surface area contributed by atoms with Gasteiger partial charge in [0.15, 0.2) is 5.84 Å². The van der Waals surface area contributed by atoms with Crippen LogP contribution in [-0.2, 0) is 6.42 Å². The van der Waals surface area contributed by atoms with Crippen molar-refractivity contribution >= 4 is 5.84 Å². The molecule has 4 heteroatoms. The molecule has 0 fully saturated rings. The lowest BCUT2D eigenvalue weighted by Gasteiger charge is -2.11. The molecule has 0 atom stereocenters. The number of nitrogens with two attached hydrogens (primary N) is 1. The summed E-state index contributed by atoms with van der Waals surface area (Å²) >= 11 is 0. The number of nitrogens with zero attached hydrogens (tertiary/aromatic N) is 1. The van der Waals surface area contributed by atoms with E-state index in [0.29, 0.717) is 5.56 Å². The Morgan fingerprint density at radius 2 is 2.00 bits per heavy atom. The van der Waals surface area contributed by atoms with Gasteiger partial charge in [0.2, 0.25) is 0 Å². The standard InChI is InChI=1S/C16H18N2O2/c1-3-12-6-4-5-7-15(12)20-13-8-9-14(11(2)10-13)16(17)18-19/h4-10,19H,3H2,1-2H3,(H2,17,18). The summed E-state index contributed by atoms with van der Waals surface area (Å²) in [5.74, 6) is 1.69. The van der Waals surface area contributed by atoms with E-state index in [1.165, 1.54) is 0 Å². The molecule has 0 unspecified atom stereocenters. The van der Waals surface area contributed by atoms with Crippen LogP contribution < -0.4 is 10.5 Å². The maximum absolute atomic E-state index is 8.72. The molecular formula is C16H18N2O2. The Morgan fingerprint density at radius 1 is 1.25 bits per heavy atom. The van der Waals surface area contributed by atoms with Crippen LogP contribution >= 0.6 is 0 Å². The van der Waals surface area contributed by atoms with Crippen LogP contribution in [0.2, 0.25) is 0 Å². The third-order valence-electron chi connectivity index (χ3n) is 3.16. The predicted molar refractivity (Wildman–Crippen MR) is 79.6 cm³/mol. The lowest BCUT2D eigenvalue weighted by atomic mass is 10.1. The van der Waals surface area contributed by atoms with E-state index in [9.17, 15) is 0 Å². The summed E-state index contributed by atoms with van der Waals surface area (Å²) in [5.41, 5.74) is 8.35. The van der Waals surface area contributed by atoms with Crippen LogP contribution in [0.5, 0.6) is 11.5 Å². The number of aryl methyl sites for hydroxylation is 2. The van der Waals surface area contributed by atoms with Gasteiger partial charge in [-0.1, -0.05) is 30.3 Å². The van der Waals surface area contributed by atoms with Gasteiger partial charge in [-0.2, -0.15) is 0 Å². The molecule has 0 aromatic heterocycles. The van der Waals surface area contributed by atoms with Gasteiger partial charge in [-0.3, -0.25) is 0 Å². The van der Waals surface area contributed by atoms with Crippen LogP contribution in [0.25, 0.3) is 0 Å². The van der Waals surface area contributed by atoms with Gasteiger partial charge in [-0.15, -0.1) is 0 Å². The topological polar surface area (TPSA) is 67.8 Å². The maximum Gasteiger partial charge on any atom is 0.170 e. The third-order valence-corrected chi connectivity index (χ3v) is 3.16. The molecule has 0 saturated heterocycles. The van der Waals surface area contributed by atoms with Crippen molar-refractivity contribution in [3.63, 3.8) is 0 Å². The van der Waals surface area contributed by atoms with E-state index in [-0.39, 0.29) is 5.84 Å². The van der Waals surface area contributed by atoms with Gasteiger partial charge in [0.25, 0.3) is 0 Å². The van der Waals surface area contributed by atoms with Crippen molar-refractivity contribution in [3.8, 4) is 11.5 Å². The highest BCUT2D eigenvalue weighted by Gasteiger charge is 2.07. The van der Waals surface area contributed by atoms with E-state index in [1.54, 1.807) is 6.07 Å². The first kappa shape index (κ1) is 13.9. The molecule has 2 rings (SSSR count). The van der Waals surface area contributed by atoms with E-state index in [2.05, 4.69) is 12.1 Å². The van der Waals surface area contributed by atoms with Crippen molar-refractivity contribution in [1.82, 2.24) is 0 Å². The molecule has 0 aliphatic carbocycles. The molecule has 20 heavy (non-hydrogen) atoms. The van der Waals surface area contributed by atoms with Gasteiger partial charge in [-0.05, 0) is 48.7 Å². The van der Waals surface area contributed by atoms with Crippen LogP contribution in [-0.4, -0.2) is 11.0 Å². The molecule has 0 amide bonds. The zero-order chi connectivity index (χ0) is 14.5. The first-order valence-electron chi connectivity index (χ1n) is 6.50. The number of ether oxygens (including phenoxy) is 1. The number of hydrogen-bond acceptors (Lipinski definition) is 3. The summed E-state index contributed by atoms with van der Waals surface area (Å²) in [6.07, 6.45) is 0.914. The number of benzene rings is 2. The van der Waals surface area contributed by atoms with Crippen molar-refractivity contribution in [3.05, 3.63) is 59.2 Å². The molecule has 104 valence electrons. The summed E-state index contributed by atoms with van der Waals surface area (Å²) in [6.45, 7) is 3.99. The molecule has 3 N–H and O–H groups in total. The average Bonchev–Trinajstić information content (AvgIpc) is 2.47. The Kier molecular flexibility index (Phi) is 4.25. The molecule has 2 aromatic carbocycles.